The van der Waals surface area contributed by atoms with Crippen molar-refractivity contribution in [2.24, 2.45) is 11.8 Å². The third kappa shape index (κ3) is 7.37. The minimum absolute atomic E-state index is 0.115. The highest BCUT2D eigenvalue weighted by atomic mass is 16.3. The van der Waals surface area contributed by atoms with Crippen molar-refractivity contribution in [3.05, 3.63) is 0 Å². The summed E-state index contributed by atoms with van der Waals surface area (Å²) in [6.45, 7) is 10.00. The van der Waals surface area contributed by atoms with Gasteiger partial charge in [-0.2, -0.15) is 0 Å². The summed E-state index contributed by atoms with van der Waals surface area (Å²) in [5.74, 6) is 1.05. The van der Waals surface area contributed by atoms with Gasteiger partial charge >= 0.3 is 0 Å². The number of nitrogens with one attached hydrogen (secondary N) is 1. The molecule has 0 aromatic carbocycles. The molecule has 0 saturated heterocycles. The Bertz CT molecular complexity index is 213. The van der Waals surface area contributed by atoms with E-state index in [2.05, 4.69) is 12.2 Å². The molecule has 102 valence electrons. The second kappa shape index (κ2) is 7.70. The van der Waals surface area contributed by atoms with Crippen LogP contribution in [0.4, 0.5) is 0 Å². The first-order chi connectivity index (χ1) is 7.88. The molecule has 1 aliphatic rings. The number of carbonyl (C=O) groups is 1. The zero-order chi connectivity index (χ0) is 13.5. The molecule has 1 rings (SSSR count). The molecule has 0 heterocycles. The SMILES string of the molecule is CC.CC1CCC(C(=O)NCC(C)(C)O)CC1. The van der Waals surface area contributed by atoms with Crippen LogP contribution >= 0.6 is 0 Å². The van der Waals surface area contributed by atoms with Crippen molar-refractivity contribution in [2.75, 3.05) is 6.54 Å². The van der Waals surface area contributed by atoms with Gasteiger partial charge in [0, 0.05) is 12.5 Å². The molecule has 1 amide bonds. The summed E-state index contributed by atoms with van der Waals surface area (Å²) >= 11 is 0. The Labute approximate surface area is 106 Å². The summed E-state index contributed by atoms with van der Waals surface area (Å²) in [6, 6.07) is 0. The molecule has 2 N–H and O–H groups in total. The topological polar surface area (TPSA) is 49.3 Å². The minimum atomic E-state index is -0.808. The maximum atomic E-state index is 11.7. The van der Waals surface area contributed by atoms with E-state index in [1.54, 1.807) is 13.8 Å². The number of aliphatic hydroxyl groups is 1. The van der Waals surface area contributed by atoms with Crippen LogP contribution in [0.1, 0.15) is 60.3 Å². The normalized spacial score (nSPS) is 24.6. The molecular formula is C14H29NO2. The van der Waals surface area contributed by atoms with Crippen molar-refractivity contribution < 1.29 is 9.90 Å². The zero-order valence-corrected chi connectivity index (χ0v) is 12.0. The highest BCUT2D eigenvalue weighted by Crippen LogP contribution is 2.28. The summed E-state index contributed by atoms with van der Waals surface area (Å²) in [5, 5.41) is 12.3. The Kier molecular flexibility index (Phi) is 7.44. The largest absolute Gasteiger partial charge is 0.389 e. The van der Waals surface area contributed by atoms with Crippen LogP contribution in [0.3, 0.4) is 0 Å². The van der Waals surface area contributed by atoms with Crippen LogP contribution in [-0.4, -0.2) is 23.2 Å². The third-order valence-corrected chi connectivity index (χ3v) is 3.08. The summed E-state index contributed by atoms with van der Waals surface area (Å²) in [6.07, 6.45) is 4.30. The second-order valence-electron chi connectivity index (χ2n) is 5.49. The molecule has 3 nitrogen and oxygen atoms in total. The summed E-state index contributed by atoms with van der Waals surface area (Å²) in [7, 11) is 0. The molecule has 3 heteroatoms. The maximum Gasteiger partial charge on any atom is 0.223 e. The molecule has 0 unspecified atom stereocenters. The highest BCUT2D eigenvalue weighted by molar-refractivity contribution is 5.78. The van der Waals surface area contributed by atoms with Gasteiger partial charge in [0.05, 0.1) is 5.60 Å². The van der Waals surface area contributed by atoms with E-state index >= 15 is 0 Å². The lowest BCUT2D eigenvalue weighted by molar-refractivity contribution is -0.127. The predicted molar refractivity (Wildman–Crippen MR) is 71.8 cm³/mol. The molecule has 0 aliphatic heterocycles. The van der Waals surface area contributed by atoms with Crippen LogP contribution < -0.4 is 5.32 Å². The zero-order valence-electron chi connectivity index (χ0n) is 12.0. The number of hydrogen-bond donors (Lipinski definition) is 2. The van der Waals surface area contributed by atoms with Gasteiger partial charge in [-0.3, -0.25) is 4.79 Å². The molecule has 0 bridgehead atoms. The van der Waals surface area contributed by atoms with E-state index < -0.39 is 5.60 Å². The third-order valence-electron chi connectivity index (χ3n) is 3.08. The first kappa shape index (κ1) is 16.4. The Hall–Kier alpha value is -0.570. The van der Waals surface area contributed by atoms with Gasteiger partial charge in [-0.1, -0.05) is 20.8 Å². The van der Waals surface area contributed by atoms with E-state index in [0.29, 0.717) is 6.54 Å². The van der Waals surface area contributed by atoms with Gasteiger partial charge in [0.1, 0.15) is 0 Å². The lowest BCUT2D eigenvalue weighted by Gasteiger charge is -2.26. The summed E-state index contributed by atoms with van der Waals surface area (Å²) in [5.41, 5.74) is -0.808. The van der Waals surface area contributed by atoms with Crippen LogP contribution in [0.25, 0.3) is 0 Å². The van der Waals surface area contributed by atoms with E-state index in [9.17, 15) is 9.90 Å². The number of amides is 1. The molecule has 0 aromatic rings. The molecule has 0 atom stereocenters. The van der Waals surface area contributed by atoms with Gasteiger partial charge in [-0.25, -0.2) is 0 Å². The van der Waals surface area contributed by atoms with Crippen LogP contribution in [0.15, 0.2) is 0 Å². The molecule has 1 saturated carbocycles. The Balaban J connectivity index is 0.00000121. The lowest BCUT2D eigenvalue weighted by Crippen LogP contribution is -2.41. The smallest absolute Gasteiger partial charge is 0.223 e. The van der Waals surface area contributed by atoms with E-state index in [-0.39, 0.29) is 11.8 Å². The number of hydrogen-bond acceptors (Lipinski definition) is 2. The molecule has 1 fully saturated rings. The van der Waals surface area contributed by atoms with E-state index in [4.69, 9.17) is 0 Å². The van der Waals surface area contributed by atoms with Crippen molar-refractivity contribution in [1.82, 2.24) is 5.32 Å². The van der Waals surface area contributed by atoms with Crippen LogP contribution in [0.5, 0.6) is 0 Å². The fraction of sp³-hybridized carbons (Fsp3) is 0.929. The molecule has 0 spiro atoms. The average molecular weight is 243 g/mol. The Morgan fingerprint density at radius 1 is 1.24 bits per heavy atom. The molecule has 0 aromatic heterocycles. The average Bonchev–Trinajstić information content (AvgIpc) is 2.29. The van der Waals surface area contributed by atoms with Crippen molar-refractivity contribution in [3.8, 4) is 0 Å². The van der Waals surface area contributed by atoms with Gasteiger partial charge in [0.15, 0.2) is 0 Å². The fourth-order valence-corrected chi connectivity index (χ4v) is 1.97. The predicted octanol–water partition coefficient (Wildman–Crippen LogP) is 2.73. The van der Waals surface area contributed by atoms with Gasteiger partial charge in [0.2, 0.25) is 5.91 Å². The van der Waals surface area contributed by atoms with Gasteiger partial charge < -0.3 is 10.4 Å². The first-order valence-corrected chi connectivity index (χ1v) is 6.88. The van der Waals surface area contributed by atoms with Crippen LogP contribution in [-0.2, 0) is 4.79 Å². The number of rotatable bonds is 3. The van der Waals surface area contributed by atoms with E-state index in [0.717, 1.165) is 31.6 Å². The van der Waals surface area contributed by atoms with Crippen molar-refractivity contribution in [3.63, 3.8) is 0 Å². The second-order valence-corrected chi connectivity index (χ2v) is 5.49. The van der Waals surface area contributed by atoms with Crippen molar-refractivity contribution in [2.45, 2.75) is 65.9 Å². The highest BCUT2D eigenvalue weighted by Gasteiger charge is 2.25. The molecular weight excluding hydrogens is 214 g/mol. The van der Waals surface area contributed by atoms with Gasteiger partial charge in [-0.15, -0.1) is 0 Å². The molecule has 17 heavy (non-hydrogen) atoms. The minimum Gasteiger partial charge on any atom is -0.389 e. The first-order valence-electron chi connectivity index (χ1n) is 6.88. The van der Waals surface area contributed by atoms with Crippen LogP contribution in [0, 0.1) is 11.8 Å². The quantitative estimate of drug-likeness (QED) is 0.800. The Morgan fingerprint density at radius 2 is 1.71 bits per heavy atom. The van der Waals surface area contributed by atoms with Crippen molar-refractivity contribution >= 4 is 5.91 Å². The lowest BCUT2D eigenvalue weighted by atomic mass is 9.82. The number of carbonyl (C=O) groups excluding carboxylic acids is 1. The van der Waals surface area contributed by atoms with Crippen LogP contribution in [0.2, 0.25) is 0 Å². The Morgan fingerprint density at radius 3 is 2.12 bits per heavy atom. The summed E-state index contributed by atoms with van der Waals surface area (Å²) < 4.78 is 0. The van der Waals surface area contributed by atoms with E-state index in [1.807, 2.05) is 13.8 Å². The van der Waals surface area contributed by atoms with E-state index in [1.165, 1.54) is 0 Å². The standard InChI is InChI=1S/C12H23NO2.C2H6/c1-9-4-6-10(7-5-9)11(14)13-8-12(2,3)15;1-2/h9-10,15H,4-8H2,1-3H3,(H,13,14);1-2H3. The van der Waals surface area contributed by atoms with Crippen molar-refractivity contribution in [1.29, 1.82) is 0 Å². The maximum absolute atomic E-state index is 11.7. The van der Waals surface area contributed by atoms with Gasteiger partial charge in [-0.05, 0) is 45.4 Å². The van der Waals surface area contributed by atoms with Gasteiger partial charge in [0.25, 0.3) is 0 Å². The summed E-state index contributed by atoms with van der Waals surface area (Å²) in [4.78, 5) is 11.7. The fourth-order valence-electron chi connectivity index (χ4n) is 1.97. The molecule has 1 aliphatic carbocycles. The molecule has 0 radical (unpaired) electrons. The monoisotopic (exact) mass is 243 g/mol.